The molecule has 0 bridgehead atoms. The summed E-state index contributed by atoms with van der Waals surface area (Å²) in [6, 6.07) is 6.95. The smallest absolute Gasteiger partial charge is 0.286 e. The van der Waals surface area contributed by atoms with Gasteiger partial charge >= 0.3 is 0 Å². The van der Waals surface area contributed by atoms with Gasteiger partial charge in [0.25, 0.3) is 11.8 Å². The average molecular weight is 402 g/mol. The Balaban J connectivity index is 1.51. The molecular weight excluding hydrogens is 374 g/mol. The standard InChI is InChI=1S/C20H27N5O2S/c1-2-17-23-24-20(28-17)19(27)22-16-9-7-8-15(14-16)18(26)21-10-13-25-11-5-3-4-6-12-25/h7-9,14H,2-6,10-13H2,1H3,(H,21,26)(H,22,27). The Bertz CT molecular complexity index is 799. The summed E-state index contributed by atoms with van der Waals surface area (Å²) in [5, 5.41) is 14.8. The molecule has 0 aliphatic carbocycles. The summed E-state index contributed by atoms with van der Waals surface area (Å²) in [6.07, 6.45) is 5.84. The maximum atomic E-state index is 12.4. The molecule has 2 N–H and O–H groups in total. The molecule has 2 aromatic rings. The number of hydrogen-bond acceptors (Lipinski definition) is 6. The molecule has 1 fully saturated rings. The van der Waals surface area contributed by atoms with Crippen molar-refractivity contribution in [3.63, 3.8) is 0 Å². The van der Waals surface area contributed by atoms with Crippen LogP contribution in [0.4, 0.5) is 5.69 Å². The maximum Gasteiger partial charge on any atom is 0.286 e. The molecule has 0 atom stereocenters. The highest BCUT2D eigenvalue weighted by Crippen LogP contribution is 2.15. The highest BCUT2D eigenvalue weighted by atomic mass is 32.1. The summed E-state index contributed by atoms with van der Waals surface area (Å²) >= 11 is 1.28. The molecule has 1 saturated heterocycles. The average Bonchev–Trinajstić information content (AvgIpc) is 3.05. The fourth-order valence-electron chi connectivity index (χ4n) is 3.20. The fraction of sp³-hybridized carbons (Fsp3) is 0.500. The van der Waals surface area contributed by atoms with E-state index in [0.717, 1.165) is 31.1 Å². The van der Waals surface area contributed by atoms with Crippen LogP contribution in [0.2, 0.25) is 0 Å². The van der Waals surface area contributed by atoms with Crippen molar-refractivity contribution in [1.82, 2.24) is 20.4 Å². The second-order valence-electron chi connectivity index (χ2n) is 6.90. The van der Waals surface area contributed by atoms with Crippen LogP contribution in [0.15, 0.2) is 24.3 Å². The first-order valence-corrected chi connectivity index (χ1v) is 10.7. The third-order valence-corrected chi connectivity index (χ3v) is 5.82. The van der Waals surface area contributed by atoms with Gasteiger partial charge in [0, 0.05) is 24.3 Å². The second kappa shape index (κ2) is 10.3. The molecule has 1 aliphatic heterocycles. The number of nitrogens with zero attached hydrogens (tertiary/aromatic N) is 3. The van der Waals surface area contributed by atoms with Crippen LogP contribution < -0.4 is 10.6 Å². The van der Waals surface area contributed by atoms with Crippen molar-refractivity contribution in [1.29, 1.82) is 0 Å². The van der Waals surface area contributed by atoms with Gasteiger partial charge in [0.05, 0.1) is 0 Å². The number of aryl methyl sites for hydroxylation is 1. The quantitative estimate of drug-likeness (QED) is 0.745. The first-order valence-electron chi connectivity index (χ1n) is 9.90. The summed E-state index contributed by atoms with van der Waals surface area (Å²) in [5.74, 6) is -0.439. The lowest BCUT2D eigenvalue weighted by molar-refractivity contribution is 0.0947. The van der Waals surface area contributed by atoms with Crippen LogP contribution >= 0.6 is 11.3 Å². The van der Waals surface area contributed by atoms with Crippen molar-refractivity contribution in [2.75, 3.05) is 31.5 Å². The highest BCUT2D eigenvalue weighted by Gasteiger charge is 2.14. The first-order chi connectivity index (χ1) is 13.7. The zero-order valence-electron chi connectivity index (χ0n) is 16.2. The van der Waals surface area contributed by atoms with E-state index in [-0.39, 0.29) is 11.8 Å². The molecule has 1 aromatic heterocycles. The van der Waals surface area contributed by atoms with Crippen molar-refractivity contribution in [2.45, 2.75) is 39.0 Å². The molecule has 0 spiro atoms. The number of carbonyl (C=O) groups is 2. The molecular formula is C20H27N5O2S. The normalized spacial score (nSPS) is 15.0. The molecule has 0 radical (unpaired) electrons. The van der Waals surface area contributed by atoms with Crippen molar-refractivity contribution < 1.29 is 9.59 Å². The number of carbonyl (C=O) groups excluding carboxylic acids is 2. The molecule has 28 heavy (non-hydrogen) atoms. The Morgan fingerprint density at radius 1 is 1.11 bits per heavy atom. The summed E-state index contributed by atoms with van der Waals surface area (Å²) in [6.45, 7) is 5.70. The van der Waals surface area contributed by atoms with Crippen LogP contribution in [0.3, 0.4) is 0 Å². The summed E-state index contributed by atoms with van der Waals surface area (Å²) in [7, 11) is 0. The van der Waals surface area contributed by atoms with Crippen LogP contribution in [0.1, 0.15) is 57.8 Å². The van der Waals surface area contributed by atoms with Crippen molar-refractivity contribution >= 4 is 28.8 Å². The van der Waals surface area contributed by atoms with E-state index in [1.165, 1.54) is 37.0 Å². The van der Waals surface area contributed by atoms with E-state index in [4.69, 9.17) is 0 Å². The van der Waals surface area contributed by atoms with Crippen molar-refractivity contribution in [3.05, 3.63) is 39.8 Å². The molecule has 7 nitrogen and oxygen atoms in total. The van der Waals surface area contributed by atoms with Crippen molar-refractivity contribution in [2.24, 2.45) is 0 Å². The van der Waals surface area contributed by atoms with Gasteiger partial charge in [-0.1, -0.05) is 37.2 Å². The van der Waals surface area contributed by atoms with E-state index in [2.05, 4.69) is 25.7 Å². The number of aromatic nitrogens is 2. The van der Waals surface area contributed by atoms with E-state index < -0.39 is 0 Å². The van der Waals surface area contributed by atoms with E-state index >= 15 is 0 Å². The van der Waals surface area contributed by atoms with E-state index in [9.17, 15) is 9.59 Å². The minimum Gasteiger partial charge on any atom is -0.351 e. The van der Waals surface area contributed by atoms with Gasteiger partial charge < -0.3 is 15.5 Å². The van der Waals surface area contributed by atoms with Gasteiger partial charge in [-0.15, -0.1) is 10.2 Å². The molecule has 2 amide bonds. The molecule has 1 aliphatic rings. The van der Waals surface area contributed by atoms with Gasteiger partial charge in [0.15, 0.2) is 0 Å². The number of hydrogen-bond donors (Lipinski definition) is 2. The lowest BCUT2D eigenvalue weighted by Gasteiger charge is -2.19. The minimum atomic E-state index is -0.309. The zero-order chi connectivity index (χ0) is 19.8. The van der Waals surface area contributed by atoms with Crippen LogP contribution in [0, 0.1) is 0 Å². The van der Waals surface area contributed by atoms with Gasteiger partial charge in [0.2, 0.25) is 5.01 Å². The Morgan fingerprint density at radius 2 is 1.89 bits per heavy atom. The SMILES string of the molecule is CCc1nnc(C(=O)Nc2cccc(C(=O)NCCN3CCCCCC3)c2)s1. The van der Waals surface area contributed by atoms with E-state index in [1.807, 2.05) is 6.92 Å². The zero-order valence-corrected chi connectivity index (χ0v) is 17.1. The first kappa shape index (κ1) is 20.4. The lowest BCUT2D eigenvalue weighted by atomic mass is 10.2. The van der Waals surface area contributed by atoms with E-state index in [0.29, 0.717) is 22.8 Å². The van der Waals surface area contributed by atoms with Crippen LogP contribution in [-0.2, 0) is 6.42 Å². The predicted molar refractivity (Wildman–Crippen MR) is 111 cm³/mol. The largest absolute Gasteiger partial charge is 0.351 e. The highest BCUT2D eigenvalue weighted by molar-refractivity contribution is 7.13. The number of likely N-dealkylation sites (tertiary alicyclic amines) is 1. The Morgan fingerprint density at radius 3 is 2.61 bits per heavy atom. The minimum absolute atomic E-state index is 0.130. The third kappa shape index (κ3) is 5.84. The summed E-state index contributed by atoms with van der Waals surface area (Å²) < 4.78 is 0. The Hall–Kier alpha value is -2.32. The lowest BCUT2D eigenvalue weighted by Crippen LogP contribution is -2.35. The van der Waals surface area contributed by atoms with Gasteiger partial charge in [-0.25, -0.2) is 0 Å². The van der Waals surface area contributed by atoms with Crippen LogP contribution in [-0.4, -0.2) is 53.1 Å². The Kier molecular flexibility index (Phi) is 7.50. The second-order valence-corrected chi connectivity index (χ2v) is 7.96. The predicted octanol–water partition coefficient (Wildman–Crippen LogP) is 2.96. The molecule has 0 unspecified atom stereocenters. The molecule has 0 saturated carbocycles. The molecule has 2 heterocycles. The molecule has 8 heteroatoms. The fourth-order valence-corrected chi connectivity index (χ4v) is 3.87. The number of benzene rings is 1. The number of rotatable bonds is 7. The van der Waals surface area contributed by atoms with Crippen LogP contribution in [0.5, 0.6) is 0 Å². The molecule has 150 valence electrons. The topological polar surface area (TPSA) is 87.2 Å². The monoisotopic (exact) mass is 401 g/mol. The molecule has 1 aromatic carbocycles. The third-order valence-electron chi connectivity index (χ3n) is 4.76. The molecule has 3 rings (SSSR count). The van der Waals surface area contributed by atoms with Crippen LogP contribution in [0.25, 0.3) is 0 Å². The summed E-state index contributed by atoms with van der Waals surface area (Å²) in [4.78, 5) is 27.1. The van der Waals surface area contributed by atoms with Gasteiger partial charge in [-0.3, -0.25) is 9.59 Å². The number of amides is 2. The van der Waals surface area contributed by atoms with E-state index in [1.54, 1.807) is 24.3 Å². The number of nitrogens with one attached hydrogen (secondary N) is 2. The Labute approximate surface area is 169 Å². The summed E-state index contributed by atoms with van der Waals surface area (Å²) in [5.41, 5.74) is 1.10. The van der Waals surface area contributed by atoms with Gasteiger partial charge in [-0.05, 0) is 50.6 Å². The maximum absolute atomic E-state index is 12.4. The van der Waals surface area contributed by atoms with Crippen molar-refractivity contribution in [3.8, 4) is 0 Å². The number of anilines is 1. The van der Waals surface area contributed by atoms with Gasteiger partial charge in [-0.2, -0.15) is 0 Å². The van der Waals surface area contributed by atoms with Gasteiger partial charge in [0.1, 0.15) is 5.01 Å².